The van der Waals surface area contributed by atoms with E-state index in [9.17, 15) is 0 Å². The molecular formula is C12H14N4O. The fourth-order valence-electron chi connectivity index (χ4n) is 1.46. The average Bonchev–Trinajstić information content (AvgIpc) is 2.40. The van der Waals surface area contributed by atoms with Gasteiger partial charge in [-0.15, -0.1) is 0 Å². The van der Waals surface area contributed by atoms with Gasteiger partial charge in [0.1, 0.15) is 17.9 Å². The van der Waals surface area contributed by atoms with E-state index in [1.165, 1.54) is 6.33 Å². The zero-order chi connectivity index (χ0) is 12.1. The number of hydrogen-bond acceptors (Lipinski definition) is 5. The zero-order valence-electron chi connectivity index (χ0n) is 9.84. The number of nitrogens with one attached hydrogen (secondary N) is 1. The second kappa shape index (κ2) is 5.25. The van der Waals surface area contributed by atoms with Crippen LogP contribution in [-0.4, -0.2) is 28.6 Å². The summed E-state index contributed by atoms with van der Waals surface area (Å²) < 4.78 is 5.40. The number of anilines is 1. The highest BCUT2D eigenvalue weighted by Crippen LogP contribution is 2.21. The lowest BCUT2D eigenvalue weighted by Gasteiger charge is -2.06. The Hall–Kier alpha value is -2.17. The van der Waals surface area contributed by atoms with Gasteiger partial charge in [-0.25, -0.2) is 9.97 Å². The molecule has 0 saturated heterocycles. The molecule has 0 unspecified atom stereocenters. The van der Waals surface area contributed by atoms with Gasteiger partial charge in [0.15, 0.2) is 0 Å². The smallest absolute Gasteiger partial charge is 0.138 e. The lowest BCUT2D eigenvalue weighted by molar-refractivity contribution is 0.339. The molecule has 0 amide bonds. The Morgan fingerprint density at radius 2 is 2.12 bits per heavy atom. The maximum Gasteiger partial charge on any atom is 0.138 e. The Morgan fingerprint density at radius 3 is 2.88 bits per heavy atom. The summed E-state index contributed by atoms with van der Waals surface area (Å²) in [7, 11) is 1.82. The lowest BCUT2D eigenvalue weighted by Crippen LogP contribution is -1.96. The predicted octanol–water partition coefficient (Wildman–Crippen LogP) is 1.98. The van der Waals surface area contributed by atoms with Crippen LogP contribution in [0.5, 0.6) is 5.75 Å². The summed E-state index contributed by atoms with van der Waals surface area (Å²) in [5, 5.41) is 2.97. The molecule has 1 N–H and O–H groups in total. The van der Waals surface area contributed by atoms with Crippen molar-refractivity contribution in [2.24, 2.45) is 0 Å². The highest BCUT2D eigenvalue weighted by Gasteiger charge is 2.03. The average molecular weight is 230 g/mol. The third-order valence-corrected chi connectivity index (χ3v) is 2.24. The first-order valence-corrected chi connectivity index (χ1v) is 5.41. The number of nitrogens with zero attached hydrogens (tertiary/aromatic N) is 3. The minimum atomic E-state index is 0.622. The van der Waals surface area contributed by atoms with E-state index in [-0.39, 0.29) is 0 Å². The molecule has 0 saturated carbocycles. The molecule has 0 bridgehead atoms. The van der Waals surface area contributed by atoms with Crippen LogP contribution in [0, 0.1) is 0 Å². The third kappa shape index (κ3) is 2.69. The van der Waals surface area contributed by atoms with Crippen LogP contribution in [0.1, 0.15) is 6.92 Å². The van der Waals surface area contributed by atoms with Gasteiger partial charge in [-0.1, -0.05) is 0 Å². The SMILES string of the molecule is CCOc1cncc(-c2cc(NC)ncn2)c1. The van der Waals surface area contributed by atoms with Gasteiger partial charge in [0.2, 0.25) is 0 Å². The number of ether oxygens (including phenoxy) is 1. The highest BCUT2D eigenvalue weighted by atomic mass is 16.5. The van der Waals surface area contributed by atoms with E-state index in [0.29, 0.717) is 6.61 Å². The zero-order valence-corrected chi connectivity index (χ0v) is 9.84. The lowest BCUT2D eigenvalue weighted by atomic mass is 10.2. The van der Waals surface area contributed by atoms with Crippen molar-refractivity contribution in [1.82, 2.24) is 15.0 Å². The largest absolute Gasteiger partial charge is 0.492 e. The predicted molar refractivity (Wildman–Crippen MR) is 66.0 cm³/mol. The monoisotopic (exact) mass is 230 g/mol. The van der Waals surface area contributed by atoms with Crippen LogP contribution in [0.15, 0.2) is 30.9 Å². The minimum Gasteiger partial charge on any atom is -0.492 e. The van der Waals surface area contributed by atoms with Crippen molar-refractivity contribution in [2.75, 3.05) is 19.0 Å². The van der Waals surface area contributed by atoms with Crippen LogP contribution in [-0.2, 0) is 0 Å². The molecule has 0 atom stereocenters. The molecule has 0 aliphatic heterocycles. The Balaban J connectivity index is 2.34. The summed E-state index contributed by atoms with van der Waals surface area (Å²) in [5.41, 5.74) is 1.73. The first-order chi connectivity index (χ1) is 8.33. The molecule has 0 aromatic carbocycles. The Morgan fingerprint density at radius 1 is 1.24 bits per heavy atom. The van der Waals surface area contributed by atoms with Gasteiger partial charge in [0.05, 0.1) is 18.5 Å². The standard InChI is InChI=1S/C12H14N4O/c1-3-17-10-4-9(6-14-7-10)11-5-12(13-2)16-8-15-11/h4-8H,3H2,1-2H3,(H,13,15,16). The van der Waals surface area contributed by atoms with Gasteiger partial charge in [0.25, 0.3) is 0 Å². The molecule has 2 aromatic rings. The number of aromatic nitrogens is 3. The summed E-state index contributed by atoms with van der Waals surface area (Å²) in [6.45, 7) is 2.56. The van der Waals surface area contributed by atoms with E-state index < -0.39 is 0 Å². The third-order valence-electron chi connectivity index (χ3n) is 2.24. The first-order valence-electron chi connectivity index (χ1n) is 5.41. The molecule has 0 aliphatic carbocycles. The number of rotatable bonds is 4. The summed E-state index contributed by atoms with van der Waals surface area (Å²) in [6.07, 6.45) is 4.96. The summed E-state index contributed by atoms with van der Waals surface area (Å²) in [5.74, 6) is 1.52. The summed E-state index contributed by atoms with van der Waals surface area (Å²) in [6, 6.07) is 3.78. The van der Waals surface area contributed by atoms with Crippen LogP contribution in [0.25, 0.3) is 11.3 Å². The van der Waals surface area contributed by atoms with Crippen molar-refractivity contribution >= 4 is 5.82 Å². The van der Waals surface area contributed by atoms with Crippen molar-refractivity contribution in [2.45, 2.75) is 6.92 Å². The van der Waals surface area contributed by atoms with Gasteiger partial charge in [-0.3, -0.25) is 4.98 Å². The second-order valence-corrected chi connectivity index (χ2v) is 3.38. The van der Waals surface area contributed by atoms with Crippen LogP contribution in [0.2, 0.25) is 0 Å². The molecular weight excluding hydrogens is 216 g/mol. The fraction of sp³-hybridized carbons (Fsp3) is 0.250. The van der Waals surface area contributed by atoms with E-state index in [4.69, 9.17) is 4.74 Å². The van der Waals surface area contributed by atoms with Crippen molar-refractivity contribution in [3.63, 3.8) is 0 Å². The summed E-state index contributed by atoms with van der Waals surface area (Å²) in [4.78, 5) is 12.4. The summed E-state index contributed by atoms with van der Waals surface area (Å²) >= 11 is 0. The molecule has 0 fully saturated rings. The molecule has 5 nitrogen and oxygen atoms in total. The van der Waals surface area contributed by atoms with Crippen LogP contribution < -0.4 is 10.1 Å². The van der Waals surface area contributed by atoms with Crippen LogP contribution in [0.4, 0.5) is 5.82 Å². The Labute approximate surface area is 99.9 Å². The van der Waals surface area contributed by atoms with E-state index in [1.54, 1.807) is 12.4 Å². The van der Waals surface area contributed by atoms with Gasteiger partial charge in [-0.05, 0) is 13.0 Å². The van der Waals surface area contributed by atoms with E-state index >= 15 is 0 Å². The van der Waals surface area contributed by atoms with Gasteiger partial charge in [-0.2, -0.15) is 0 Å². The van der Waals surface area contributed by atoms with E-state index in [1.807, 2.05) is 26.1 Å². The van der Waals surface area contributed by atoms with Crippen molar-refractivity contribution in [1.29, 1.82) is 0 Å². The van der Waals surface area contributed by atoms with Crippen LogP contribution >= 0.6 is 0 Å². The molecule has 2 rings (SSSR count). The van der Waals surface area contributed by atoms with E-state index in [0.717, 1.165) is 22.8 Å². The molecule has 0 radical (unpaired) electrons. The molecule has 5 heteroatoms. The molecule has 0 spiro atoms. The number of pyridine rings is 1. The maximum atomic E-state index is 5.40. The Bertz CT molecular complexity index is 501. The van der Waals surface area contributed by atoms with Crippen molar-refractivity contribution in [3.05, 3.63) is 30.9 Å². The van der Waals surface area contributed by atoms with Crippen molar-refractivity contribution < 1.29 is 4.74 Å². The molecule has 2 aromatic heterocycles. The molecule has 2 heterocycles. The quantitative estimate of drug-likeness (QED) is 0.870. The maximum absolute atomic E-state index is 5.40. The first kappa shape index (κ1) is 11.3. The van der Waals surface area contributed by atoms with Crippen LogP contribution in [0.3, 0.4) is 0 Å². The Kier molecular flexibility index (Phi) is 3.49. The van der Waals surface area contributed by atoms with Gasteiger partial charge < -0.3 is 10.1 Å². The van der Waals surface area contributed by atoms with Gasteiger partial charge >= 0.3 is 0 Å². The molecule has 17 heavy (non-hydrogen) atoms. The second-order valence-electron chi connectivity index (χ2n) is 3.38. The normalized spacial score (nSPS) is 10.0. The van der Waals surface area contributed by atoms with Gasteiger partial charge in [0, 0.05) is 24.9 Å². The molecule has 0 aliphatic rings. The minimum absolute atomic E-state index is 0.622. The highest BCUT2D eigenvalue weighted by molar-refractivity contribution is 5.62. The van der Waals surface area contributed by atoms with E-state index in [2.05, 4.69) is 20.3 Å². The van der Waals surface area contributed by atoms with Crippen molar-refractivity contribution in [3.8, 4) is 17.0 Å². The number of hydrogen-bond donors (Lipinski definition) is 1. The fourth-order valence-corrected chi connectivity index (χ4v) is 1.46. The topological polar surface area (TPSA) is 59.9 Å². The molecule has 88 valence electrons.